The second-order valence-corrected chi connectivity index (χ2v) is 7.72. The number of alkyl halides is 3. The summed E-state index contributed by atoms with van der Waals surface area (Å²) in [5.41, 5.74) is -1.45. The quantitative estimate of drug-likeness (QED) is 0.813. The van der Waals surface area contributed by atoms with Gasteiger partial charge in [0.05, 0.1) is 6.10 Å². The Bertz CT molecular complexity index is 644. The van der Waals surface area contributed by atoms with Crippen molar-refractivity contribution in [1.82, 2.24) is 9.71 Å². The summed E-state index contributed by atoms with van der Waals surface area (Å²) in [6.45, 7) is 0. The molecule has 1 saturated carbocycles. The molecule has 1 aromatic heterocycles. The van der Waals surface area contributed by atoms with Crippen LogP contribution in [0.3, 0.4) is 0 Å². The molecule has 22 heavy (non-hydrogen) atoms. The molecule has 2 N–H and O–H groups in total. The zero-order valence-electron chi connectivity index (χ0n) is 11.3. The summed E-state index contributed by atoms with van der Waals surface area (Å²) in [6.07, 6.45) is -2.87. The third-order valence-corrected chi connectivity index (χ3v) is 5.36. The van der Waals surface area contributed by atoms with Crippen molar-refractivity contribution < 1.29 is 26.7 Å². The molecule has 1 heterocycles. The van der Waals surface area contributed by atoms with Gasteiger partial charge in [-0.25, -0.2) is 18.1 Å². The van der Waals surface area contributed by atoms with Crippen molar-refractivity contribution in [3.05, 3.63) is 22.4 Å². The van der Waals surface area contributed by atoms with E-state index in [1.807, 2.05) is 0 Å². The maximum atomic E-state index is 12.9. The van der Waals surface area contributed by atoms with E-state index in [1.165, 1.54) is 0 Å². The fourth-order valence-corrected chi connectivity index (χ4v) is 4.30. The van der Waals surface area contributed by atoms with Gasteiger partial charge in [-0.3, -0.25) is 0 Å². The molecule has 0 spiro atoms. The highest BCUT2D eigenvalue weighted by atomic mass is 79.9. The van der Waals surface area contributed by atoms with Crippen LogP contribution in [0.15, 0.2) is 21.6 Å². The molecule has 10 heteroatoms. The molecule has 0 amide bonds. The molecule has 0 bridgehead atoms. The minimum Gasteiger partial charge on any atom is -0.393 e. The van der Waals surface area contributed by atoms with E-state index in [0.717, 1.165) is 12.3 Å². The Hall–Kier alpha value is -0.710. The number of pyridine rings is 1. The Morgan fingerprint density at radius 2 is 1.86 bits per heavy atom. The number of hydrogen-bond donors (Lipinski definition) is 2. The number of nitrogens with one attached hydrogen (secondary N) is 1. The summed E-state index contributed by atoms with van der Waals surface area (Å²) in [6, 6.07) is 0.393. The SMILES string of the molecule is O=S(=O)(NC1CCC(O)CC1)c1cc(Br)cnc1C(F)(F)F. The number of sulfonamides is 1. The highest BCUT2D eigenvalue weighted by Crippen LogP contribution is 2.34. The Morgan fingerprint density at radius 3 is 2.41 bits per heavy atom. The fraction of sp³-hybridized carbons (Fsp3) is 0.583. The normalized spacial score (nSPS) is 23.5. The molecule has 1 aliphatic carbocycles. The van der Waals surface area contributed by atoms with Gasteiger partial charge in [0, 0.05) is 16.7 Å². The van der Waals surface area contributed by atoms with Crippen LogP contribution < -0.4 is 4.72 Å². The lowest BCUT2D eigenvalue weighted by atomic mass is 9.94. The molecule has 0 radical (unpaired) electrons. The van der Waals surface area contributed by atoms with Crippen LogP contribution in [0.4, 0.5) is 13.2 Å². The van der Waals surface area contributed by atoms with Gasteiger partial charge in [0.15, 0.2) is 5.69 Å². The summed E-state index contributed by atoms with van der Waals surface area (Å²) in [5.74, 6) is 0. The average Bonchev–Trinajstić information content (AvgIpc) is 2.40. The number of aliphatic hydroxyl groups excluding tert-OH is 1. The number of aromatic nitrogens is 1. The minimum atomic E-state index is -4.87. The fourth-order valence-electron chi connectivity index (χ4n) is 2.32. The maximum absolute atomic E-state index is 12.9. The first-order valence-corrected chi connectivity index (χ1v) is 8.80. The minimum absolute atomic E-state index is 0.139. The first-order valence-electron chi connectivity index (χ1n) is 6.53. The number of halogens is 4. The van der Waals surface area contributed by atoms with Gasteiger partial charge in [0.25, 0.3) is 0 Å². The van der Waals surface area contributed by atoms with Crippen molar-refractivity contribution >= 4 is 26.0 Å². The van der Waals surface area contributed by atoms with Gasteiger partial charge < -0.3 is 5.11 Å². The molecule has 1 fully saturated rings. The number of aliphatic hydroxyl groups is 1. The first-order chi connectivity index (χ1) is 10.1. The van der Waals surface area contributed by atoms with Crippen LogP contribution in [0.1, 0.15) is 31.4 Å². The van der Waals surface area contributed by atoms with Crippen molar-refractivity contribution in [2.45, 2.75) is 48.9 Å². The van der Waals surface area contributed by atoms with Crippen LogP contribution in [0, 0.1) is 0 Å². The van der Waals surface area contributed by atoms with Gasteiger partial charge in [0.1, 0.15) is 4.90 Å². The van der Waals surface area contributed by atoms with Gasteiger partial charge in [-0.15, -0.1) is 0 Å². The smallest absolute Gasteiger partial charge is 0.393 e. The highest BCUT2D eigenvalue weighted by Gasteiger charge is 2.40. The number of nitrogens with zero attached hydrogens (tertiary/aromatic N) is 1. The largest absolute Gasteiger partial charge is 0.434 e. The van der Waals surface area contributed by atoms with E-state index in [1.54, 1.807) is 0 Å². The maximum Gasteiger partial charge on any atom is 0.434 e. The van der Waals surface area contributed by atoms with E-state index in [2.05, 4.69) is 25.6 Å². The predicted octanol–water partition coefficient (Wildman–Crippen LogP) is 2.44. The van der Waals surface area contributed by atoms with Gasteiger partial charge in [-0.1, -0.05) is 0 Å². The topological polar surface area (TPSA) is 79.3 Å². The van der Waals surface area contributed by atoms with Gasteiger partial charge in [0.2, 0.25) is 10.0 Å². The number of rotatable bonds is 3. The van der Waals surface area contributed by atoms with Crippen molar-refractivity contribution in [3.63, 3.8) is 0 Å². The molecule has 2 rings (SSSR count). The standard InChI is InChI=1S/C12H14BrF3N2O3S/c13-7-5-10(11(17-6-7)12(14,15)16)22(20,21)18-8-1-3-9(19)4-2-8/h5-6,8-9,18-19H,1-4H2. The molecule has 0 saturated heterocycles. The van der Waals surface area contributed by atoms with Crippen molar-refractivity contribution in [2.75, 3.05) is 0 Å². The first kappa shape index (κ1) is 17.6. The van der Waals surface area contributed by atoms with Crippen LogP contribution >= 0.6 is 15.9 Å². The zero-order chi connectivity index (χ0) is 16.5. The lowest BCUT2D eigenvalue weighted by Crippen LogP contribution is -2.39. The van der Waals surface area contributed by atoms with E-state index < -0.39 is 38.9 Å². The summed E-state index contributed by atoms with van der Waals surface area (Å²) in [4.78, 5) is 2.29. The van der Waals surface area contributed by atoms with Gasteiger partial charge in [-0.05, 0) is 47.7 Å². The van der Waals surface area contributed by atoms with E-state index in [9.17, 15) is 26.7 Å². The van der Waals surface area contributed by atoms with Crippen molar-refractivity contribution in [3.8, 4) is 0 Å². The second-order valence-electron chi connectivity index (χ2n) is 5.12. The molecular formula is C12H14BrF3N2O3S. The lowest BCUT2D eigenvalue weighted by molar-refractivity contribution is -0.143. The van der Waals surface area contributed by atoms with Crippen LogP contribution in [0.25, 0.3) is 0 Å². The molecule has 0 aromatic carbocycles. The molecule has 0 unspecified atom stereocenters. The highest BCUT2D eigenvalue weighted by molar-refractivity contribution is 9.10. The third kappa shape index (κ3) is 4.18. The number of hydrogen-bond acceptors (Lipinski definition) is 4. The van der Waals surface area contributed by atoms with E-state index in [-0.39, 0.29) is 4.47 Å². The Balaban J connectivity index is 2.31. The summed E-state index contributed by atoms with van der Waals surface area (Å²) in [7, 11) is -4.36. The second kappa shape index (κ2) is 6.42. The lowest BCUT2D eigenvalue weighted by Gasteiger charge is -2.26. The molecular weight excluding hydrogens is 389 g/mol. The Labute approximate surface area is 134 Å². The summed E-state index contributed by atoms with van der Waals surface area (Å²) >= 11 is 2.93. The Kier molecular flexibility index (Phi) is 5.15. The van der Waals surface area contributed by atoms with Crippen LogP contribution in [-0.4, -0.2) is 30.7 Å². The van der Waals surface area contributed by atoms with Crippen molar-refractivity contribution in [2.24, 2.45) is 0 Å². The van der Waals surface area contributed by atoms with E-state index in [0.29, 0.717) is 25.7 Å². The van der Waals surface area contributed by atoms with Crippen LogP contribution in [-0.2, 0) is 16.2 Å². The van der Waals surface area contributed by atoms with E-state index in [4.69, 9.17) is 0 Å². The summed E-state index contributed by atoms with van der Waals surface area (Å²) in [5, 5.41) is 9.39. The molecule has 0 atom stereocenters. The molecule has 1 aliphatic rings. The third-order valence-electron chi connectivity index (χ3n) is 3.40. The molecule has 124 valence electrons. The zero-order valence-corrected chi connectivity index (χ0v) is 13.7. The van der Waals surface area contributed by atoms with Gasteiger partial charge in [-0.2, -0.15) is 13.2 Å². The Morgan fingerprint density at radius 1 is 1.27 bits per heavy atom. The monoisotopic (exact) mass is 402 g/mol. The van der Waals surface area contributed by atoms with Gasteiger partial charge >= 0.3 is 6.18 Å². The average molecular weight is 403 g/mol. The predicted molar refractivity (Wildman–Crippen MR) is 75.5 cm³/mol. The molecule has 5 nitrogen and oxygen atoms in total. The van der Waals surface area contributed by atoms with Crippen molar-refractivity contribution in [1.29, 1.82) is 0 Å². The van der Waals surface area contributed by atoms with Crippen LogP contribution in [0.5, 0.6) is 0 Å². The molecule has 1 aromatic rings. The molecule has 0 aliphatic heterocycles. The summed E-state index contributed by atoms with van der Waals surface area (Å²) < 4.78 is 65.8. The van der Waals surface area contributed by atoms with Crippen LogP contribution in [0.2, 0.25) is 0 Å². The van der Waals surface area contributed by atoms with E-state index >= 15 is 0 Å².